The quantitative estimate of drug-likeness (QED) is 0.420. The smallest absolute Gasteiger partial charge is 0.166 e. The van der Waals surface area contributed by atoms with Crippen LogP contribution in [0.5, 0.6) is 0 Å². The topological polar surface area (TPSA) is 0 Å². The molecule has 0 aliphatic rings. The molecule has 23 heavy (non-hydrogen) atoms. The van der Waals surface area contributed by atoms with Crippen molar-refractivity contribution in [2.45, 2.75) is 25.8 Å². The zero-order valence-corrected chi connectivity index (χ0v) is 14.8. The number of benzene rings is 2. The molecule has 2 rings (SSSR count). The van der Waals surface area contributed by atoms with Gasteiger partial charge in [-0.1, -0.05) is 55.4 Å². The highest BCUT2D eigenvalue weighted by molar-refractivity contribution is 6.83. The molecular formula is C18H16ClF3Si. The summed E-state index contributed by atoms with van der Waals surface area (Å²) in [5.41, 5.74) is 3.41. The van der Waals surface area contributed by atoms with Crippen LogP contribution >= 0.6 is 11.6 Å². The molecule has 0 bridgehead atoms. The monoisotopic (exact) mass is 352 g/mol. The summed E-state index contributed by atoms with van der Waals surface area (Å²) >= 11 is 5.80. The number of hydrogen-bond acceptors (Lipinski definition) is 0. The van der Waals surface area contributed by atoms with Crippen LogP contribution in [0.1, 0.15) is 11.1 Å². The van der Waals surface area contributed by atoms with Gasteiger partial charge in [0.15, 0.2) is 0 Å². The van der Waals surface area contributed by atoms with Crippen LogP contribution in [0.2, 0.25) is 24.7 Å². The minimum atomic E-state index is -4.44. The summed E-state index contributed by atoms with van der Waals surface area (Å²) in [5.74, 6) is 2.88. The highest BCUT2D eigenvalue weighted by Crippen LogP contribution is 2.37. The van der Waals surface area contributed by atoms with Crippen molar-refractivity contribution >= 4 is 19.7 Å². The number of alkyl halides is 3. The fourth-order valence-electron chi connectivity index (χ4n) is 2.00. The SMILES string of the molecule is C[Si](C)(C)C#Cc1ccc(-c2ccc(Cl)cc2)c(C(F)(F)F)c1. The highest BCUT2D eigenvalue weighted by Gasteiger charge is 2.33. The molecule has 0 saturated heterocycles. The lowest BCUT2D eigenvalue weighted by Crippen LogP contribution is -2.16. The van der Waals surface area contributed by atoms with Crippen LogP contribution in [0, 0.1) is 11.5 Å². The number of hydrogen-bond donors (Lipinski definition) is 0. The Labute approximate surface area is 140 Å². The molecule has 0 aliphatic heterocycles. The van der Waals surface area contributed by atoms with Crippen molar-refractivity contribution in [2.24, 2.45) is 0 Å². The van der Waals surface area contributed by atoms with Crippen LogP contribution in [0.3, 0.4) is 0 Å². The molecule has 0 fully saturated rings. The van der Waals surface area contributed by atoms with Gasteiger partial charge in [-0.2, -0.15) is 13.2 Å². The molecule has 0 heterocycles. The van der Waals surface area contributed by atoms with E-state index in [-0.39, 0.29) is 5.56 Å². The molecule has 5 heteroatoms. The van der Waals surface area contributed by atoms with Crippen molar-refractivity contribution in [3.05, 3.63) is 58.6 Å². The van der Waals surface area contributed by atoms with Crippen molar-refractivity contribution in [3.8, 4) is 22.6 Å². The second kappa shape index (κ2) is 6.43. The van der Waals surface area contributed by atoms with E-state index in [0.717, 1.165) is 6.07 Å². The van der Waals surface area contributed by atoms with Crippen molar-refractivity contribution in [3.63, 3.8) is 0 Å². The first-order valence-electron chi connectivity index (χ1n) is 7.07. The molecule has 0 atom stereocenters. The molecule has 0 radical (unpaired) electrons. The number of rotatable bonds is 1. The summed E-state index contributed by atoms with van der Waals surface area (Å²) in [6.07, 6.45) is -4.44. The van der Waals surface area contributed by atoms with Gasteiger partial charge in [-0.05, 0) is 35.4 Å². The molecule has 0 N–H and O–H groups in total. The Morgan fingerprint density at radius 1 is 0.957 bits per heavy atom. The van der Waals surface area contributed by atoms with E-state index in [9.17, 15) is 13.2 Å². The Bertz CT molecular complexity index is 760. The number of halogens is 4. The van der Waals surface area contributed by atoms with Gasteiger partial charge in [0, 0.05) is 10.6 Å². The van der Waals surface area contributed by atoms with E-state index in [4.69, 9.17) is 11.6 Å². The second-order valence-electron chi connectivity index (χ2n) is 6.27. The van der Waals surface area contributed by atoms with Crippen LogP contribution in [0.25, 0.3) is 11.1 Å². The Balaban J connectivity index is 2.55. The molecule has 0 spiro atoms. The molecule has 0 aromatic heterocycles. The summed E-state index contributed by atoms with van der Waals surface area (Å²) in [6.45, 7) is 6.15. The minimum absolute atomic E-state index is 0.132. The first-order valence-corrected chi connectivity index (χ1v) is 10.9. The van der Waals surface area contributed by atoms with Crippen LogP contribution in [-0.4, -0.2) is 8.07 Å². The standard InChI is InChI=1S/C18H16ClF3Si/c1-23(2,3)11-10-13-4-9-16(17(12-13)18(20,21)22)14-5-7-15(19)8-6-14/h4-9,12H,1-3H3. The summed E-state index contributed by atoms with van der Waals surface area (Å²) in [5, 5.41) is 0.486. The maximum absolute atomic E-state index is 13.4. The third-order valence-electron chi connectivity index (χ3n) is 3.06. The zero-order valence-electron chi connectivity index (χ0n) is 13.1. The summed E-state index contributed by atoms with van der Waals surface area (Å²) in [6, 6.07) is 10.6. The molecule has 0 unspecified atom stereocenters. The fraction of sp³-hybridized carbons (Fsp3) is 0.222. The van der Waals surface area contributed by atoms with Gasteiger partial charge in [-0.3, -0.25) is 0 Å². The maximum Gasteiger partial charge on any atom is 0.417 e. The van der Waals surface area contributed by atoms with Crippen LogP contribution in [-0.2, 0) is 6.18 Å². The summed E-state index contributed by atoms with van der Waals surface area (Å²) in [7, 11) is -1.64. The zero-order chi connectivity index (χ0) is 17.3. The lowest BCUT2D eigenvalue weighted by molar-refractivity contribution is -0.137. The third-order valence-corrected chi connectivity index (χ3v) is 4.19. The predicted molar refractivity (Wildman–Crippen MR) is 92.1 cm³/mol. The normalized spacial score (nSPS) is 11.8. The van der Waals surface area contributed by atoms with Gasteiger partial charge >= 0.3 is 6.18 Å². The Morgan fingerprint density at radius 2 is 1.57 bits per heavy atom. The first-order chi connectivity index (χ1) is 10.6. The largest absolute Gasteiger partial charge is 0.417 e. The molecule has 2 aromatic rings. The van der Waals surface area contributed by atoms with Gasteiger partial charge in [0.05, 0.1) is 5.56 Å². The molecule has 2 aromatic carbocycles. The van der Waals surface area contributed by atoms with E-state index >= 15 is 0 Å². The van der Waals surface area contributed by atoms with Crippen LogP contribution < -0.4 is 0 Å². The fourth-order valence-corrected chi connectivity index (χ4v) is 2.64. The van der Waals surface area contributed by atoms with Gasteiger partial charge < -0.3 is 0 Å². The molecule has 120 valence electrons. The summed E-state index contributed by atoms with van der Waals surface area (Å²) < 4.78 is 40.2. The maximum atomic E-state index is 13.4. The van der Waals surface area contributed by atoms with E-state index in [1.165, 1.54) is 6.07 Å². The Hall–Kier alpha value is -1.70. The van der Waals surface area contributed by atoms with E-state index in [1.807, 2.05) is 19.6 Å². The third kappa shape index (κ3) is 4.88. The van der Waals surface area contributed by atoms with Gasteiger partial charge in [0.1, 0.15) is 8.07 Å². The van der Waals surface area contributed by atoms with Crippen molar-refractivity contribution in [2.75, 3.05) is 0 Å². The predicted octanol–water partition coefficient (Wildman–Crippen LogP) is 6.25. The average Bonchev–Trinajstić information content (AvgIpc) is 2.44. The van der Waals surface area contributed by atoms with Crippen LogP contribution in [0.4, 0.5) is 13.2 Å². The Morgan fingerprint density at radius 3 is 2.09 bits per heavy atom. The van der Waals surface area contributed by atoms with E-state index < -0.39 is 19.8 Å². The van der Waals surface area contributed by atoms with Crippen LogP contribution in [0.15, 0.2) is 42.5 Å². The summed E-state index contributed by atoms with van der Waals surface area (Å²) in [4.78, 5) is 0. The van der Waals surface area contributed by atoms with Gasteiger partial charge in [-0.15, -0.1) is 5.54 Å². The van der Waals surface area contributed by atoms with Crippen molar-refractivity contribution < 1.29 is 13.2 Å². The molecule has 0 nitrogen and oxygen atoms in total. The second-order valence-corrected chi connectivity index (χ2v) is 11.5. The minimum Gasteiger partial charge on any atom is -0.166 e. The van der Waals surface area contributed by atoms with Gasteiger partial charge in [0.25, 0.3) is 0 Å². The molecule has 0 amide bonds. The molecule has 0 saturated carbocycles. The van der Waals surface area contributed by atoms with Crippen molar-refractivity contribution in [1.29, 1.82) is 0 Å². The average molecular weight is 353 g/mol. The molecular weight excluding hydrogens is 337 g/mol. The van der Waals surface area contributed by atoms with E-state index in [1.54, 1.807) is 30.3 Å². The van der Waals surface area contributed by atoms with Crippen molar-refractivity contribution in [1.82, 2.24) is 0 Å². The highest BCUT2D eigenvalue weighted by atomic mass is 35.5. The van der Waals surface area contributed by atoms with Gasteiger partial charge in [-0.25, -0.2) is 0 Å². The first kappa shape index (κ1) is 17.6. The lowest BCUT2D eigenvalue weighted by Gasteiger charge is -2.14. The van der Waals surface area contributed by atoms with E-state index in [0.29, 0.717) is 16.1 Å². The van der Waals surface area contributed by atoms with Gasteiger partial charge in [0.2, 0.25) is 0 Å². The van der Waals surface area contributed by atoms with E-state index in [2.05, 4.69) is 11.5 Å². The molecule has 0 aliphatic carbocycles. The lowest BCUT2D eigenvalue weighted by atomic mass is 9.97. The Kier molecular flexibility index (Phi) is 4.93.